The van der Waals surface area contributed by atoms with E-state index in [1.54, 1.807) is 12.1 Å². The van der Waals surface area contributed by atoms with E-state index in [0.717, 1.165) is 11.3 Å². The fourth-order valence-electron chi connectivity index (χ4n) is 2.40. The van der Waals surface area contributed by atoms with E-state index in [9.17, 15) is 9.59 Å². The molecule has 0 bridgehead atoms. The number of carbonyl (C=O) groups excluding carboxylic acids is 2. The molecule has 2 N–H and O–H groups in total. The molecule has 0 atom stereocenters. The average molecular weight is 346 g/mol. The Labute approximate surface area is 143 Å². The van der Waals surface area contributed by atoms with Crippen LogP contribution in [0.3, 0.4) is 0 Å². The van der Waals surface area contributed by atoms with Gasteiger partial charge in [-0.05, 0) is 18.1 Å². The molecule has 1 aromatic carbocycles. The first-order chi connectivity index (χ1) is 12.1. The zero-order valence-corrected chi connectivity index (χ0v) is 13.7. The van der Waals surface area contributed by atoms with E-state index in [-0.39, 0.29) is 37.4 Å². The minimum Gasteiger partial charge on any atom is -0.485 e. The number of likely N-dealkylation sites (N-methyl/N-ethyl adjacent to an activating group) is 1. The molecule has 1 aliphatic heterocycles. The minimum atomic E-state index is -0.468. The van der Waals surface area contributed by atoms with Gasteiger partial charge >= 0.3 is 11.8 Å². The van der Waals surface area contributed by atoms with Gasteiger partial charge in [0.2, 0.25) is 11.7 Å². The number of benzene rings is 1. The molecule has 0 aliphatic carbocycles. The number of aliphatic hydroxyl groups excluding tert-OH is 1. The Bertz CT molecular complexity index is 789. The van der Waals surface area contributed by atoms with Gasteiger partial charge in [-0.3, -0.25) is 9.59 Å². The first kappa shape index (κ1) is 16.9. The Morgan fingerprint density at radius 2 is 2.28 bits per heavy atom. The van der Waals surface area contributed by atoms with Crippen LogP contribution in [0.2, 0.25) is 0 Å². The second-order valence-corrected chi connectivity index (χ2v) is 5.62. The molecule has 2 aromatic rings. The number of nitrogens with zero attached hydrogens (tertiary/aromatic N) is 3. The molecule has 0 fully saturated rings. The number of ether oxygens (including phenoxy) is 1. The predicted molar refractivity (Wildman–Crippen MR) is 86.1 cm³/mol. The zero-order chi connectivity index (χ0) is 17.8. The van der Waals surface area contributed by atoms with Crippen molar-refractivity contribution in [3.8, 4) is 5.75 Å². The van der Waals surface area contributed by atoms with Gasteiger partial charge in [0.05, 0.1) is 6.61 Å². The van der Waals surface area contributed by atoms with Crippen molar-refractivity contribution in [1.29, 1.82) is 0 Å². The Morgan fingerprint density at radius 3 is 3.08 bits per heavy atom. The maximum Gasteiger partial charge on any atom is 0.316 e. The standard InChI is InChI=1S/C16H18N4O5/c1-20(6-7-21)16(23)15-18-13(19-25-15)9-24-11-4-2-10-3-5-14(22)17-12(10)8-11/h2,4,8,21H,3,5-7,9H2,1H3,(H,17,22). The van der Waals surface area contributed by atoms with Gasteiger partial charge < -0.3 is 24.6 Å². The summed E-state index contributed by atoms with van der Waals surface area (Å²) in [5.74, 6) is 0.132. The second-order valence-electron chi connectivity index (χ2n) is 5.62. The molecule has 1 aromatic heterocycles. The lowest BCUT2D eigenvalue weighted by Crippen LogP contribution is -2.29. The first-order valence-electron chi connectivity index (χ1n) is 7.81. The molecule has 132 valence electrons. The van der Waals surface area contributed by atoms with Crippen LogP contribution in [0.15, 0.2) is 22.7 Å². The summed E-state index contributed by atoms with van der Waals surface area (Å²) >= 11 is 0. The third-order valence-corrected chi connectivity index (χ3v) is 3.78. The maximum absolute atomic E-state index is 12.0. The number of amides is 2. The van der Waals surface area contributed by atoms with Crippen molar-refractivity contribution in [3.05, 3.63) is 35.5 Å². The fourth-order valence-corrected chi connectivity index (χ4v) is 2.40. The van der Waals surface area contributed by atoms with Crippen LogP contribution in [0.25, 0.3) is 0 Å². The molecular formula is C16H18N4O5. The van der Waals surface area contributed by atoms with Crippen LogP contribution in [0, 0.1) is 0 Å². The van der Waals surface area contributed by atoms with Crippen LogP contribution in [0.5, 0.6) is 5.75 Å². The molecular weight excluding hydrogens is 328 g/mol. The van der Waals surface area contributed by atoms with E-state index in [1.165, 1.54) is 11.9 Å². The third-order valence-electron chi connectivity index (χ3n) is 3.78. The van der Waals surface area contributed by atoms with Crippen molar-refractivity contribution < 1.29 is 24.0 Å². The monoisotopic (exact) mass is 346 g/mol. The van der Waals surface area contributed by atoms with E-state index < -0.39 is 5.91 Å². The largest absolute Gasteiger partial charge is 0.485 e. The first-order valence-corrected chi connectivity index (χ1v) is 7.81. The molecule has 25 heavy (non-hydrogen) atoms. The fraction of sp³-hybridized carbons (Fsp3) is 0.375. The highest BCUT2D eigenvalue weighted by atomic mass is 16.5. The van der Waals surface area contributed by atoms with Gasteiger partial charge in [0.15, 0.2) is 6.61 Å². The highest BCUT2D eigenvalue weighted by molar-refractivity contribution is 5.94. The van der Waals surface area contributed by atoms with Crippen molar-refractivity contribution in [2.24, 2.45) is 0 Å². The number of anilines is 1. The van der Waals surface area contributed by atoms with Crippen molar-refractivity contribution in [3.63, 3.8) is 0 Å². The summed E-state index contributed by atoms with van der Waals surface area (Å²) in [4.78, 5) is 28.7. The number of aryl methyl sites for hydroxylation is 1. The SMILES string of the molecule is CN(CCO)C(=O)c1nc(COc2ccc3c(c2)NC(=O)CC3)no1. The summed E-state index contributed by atoms with van der Waals surface area (Å²) in [6.45, 7) is 0.0440. The van der Waals surface area contributed by atoms with Gasteiger partial charge in [0.1, 0.15) is 5.75 Å². The summed E-state index contributed by atoms with van der Waals surface area (Å²) in [5.41, 5.74) is 1.80. The number of carbonyl (C=O) groups is 2. The lowest BCUT2D eigenvalue weighted by molar-refractivity contribution is -0.116. The number of nitrogens with one attached hydrogen (secondary N) is 1. The van der Waals surface area contributed by atoms with E-state index in [2.05, 4.69) is 15.5 Å². The number of hydrogen-bond donors (Lipinski definition) is 2. The summed E-state index contributed by atoms with van der Waals surface area (Å²) in [6.07, 6.45) is 1.19. The number of fused-ring (bicyclic) bond motifs is 1. The Morgan fingerprint density at radius 1 is 1.44 bits per heavy atom. The van der Waals surface area contributed by atoms with Crippen molar-refractivity contribution in [2.75, 3.05) is 25.5 Å². The molecule has 0 radical (unpaired) electrons. The van der Waals surface area contributed by atoms with Crippen LogP contribution in [-0.4, -0.2) is 52.2 Å². The van der Waals surface area contributed by atoms with E-state index in [0.29, 0.717) is 18.6 Å². The van der Waals surface area contributed by atoms with Crippen molar-refractivity contribution in [1.82, 2.24) is 15.0 Å². The second kappa shape index (κ2) is 7.31. The predicted octanol–water partition coefficient (Wildman–Crippen LogP) is 0.598. The summed E-state index contributed by atoms with van der Waals surface area (Å²) < 4.78 is 10.5. The number of aliphatic hydroxyl groups is 1. The smallest absolute Gasteiger partial charge is 0.316 e. The maximum atomic E-state index is 12.0. The van der Waals surface area contributed by atoms with Gasteiger partial charge in [-0.25, -0.2) is 0 Å². The average Bonchev–Trinajstić information content (AvgIpc) is 3.08. The number of aromatic nitrogens is 2. The minimum absolute atomic E-state index is 0.0158. The van der Waals surface area contributed by atoms with Gasteiger partial charge in [0, 0.05) is 31.8 Å². The summed E-state index contributed by atoms with van der Waals surface area (Å²) in [6, 6.07) is 5.45. The molecule has 0 unspecified atom stereocenters. The molecule has 2 amide bonds. The van der Waals surface area contributed by atoms with Crippen LogP contribution in [0.1, 0.15) is 28.5 Å². The van der Waals surface area contributed by atoms with E-state index in [4.69, 9.17) is 14.4 Å². The van der Waals surface area contributed by atoms with Crippen LogP contribution in [-0.2, 0) is 17.8 Å². The lowest BCUT2D eigenvalue weighted by Gasteiger charge is -2.17. The summed E-state index contributed by atoms with van der Waals surface area (Å²) in [7, 11) is 1.53. The van der Waals surface area contributed by atoms with Crippen molar-refractivity contribution in [2.45, 2.75) is 19.4 Å². The normalized spacial score (nSPS) is 13.1. The molecule has 2 heterocycles. The van der Waals surface area contributed by atoms with Gasteiger partial charge in [-0.15, -0.1) is 0 Å². The molecule has 1 aliphatic rings. The highest BCUT2D eigenvalue weighted by Gasteiger charge is 2.19. The van der Waals surface area contributed by atoms with Crippen LogP contribution in [0.4, 0.5) is 5.69 Å². The molecule has 3 rings (SSSR count). The molecule has 9 heteroatoms. The lowest BCUT2D eigenvalue weighted by atomic mass is 10.0. The van der Waals surface area contributed by atoms with Crippen LogP contribution < -0.4 is 10.1 Å². The van der Waals surface area contributed by atoms with Crippen LogP contribution >= 0.6 is 0 Å². The number of rotatable bonds is 6. The summed E-state index contributed by atoms with van der Waals surface area (Å²) in [5, 5.41) is 15.3. The van der Waals surface area contributed by atoms with Gasteiger partial charge in [-0.2, -0.15) is 4.98 Å². The van der Waals surface area contributed by atoms with Gasteiger partial charge in [0.25, 0.3) is 0 Å². The Hall–Kier alpha value is -2.94. The zero-order valence-electron chi connectivity index (χ0n) is 13.7. The Kier molecular flexibility index (Phi) is 4.94. The molecule has 0 saturated heterocycles. The highest BCUT2D eigenvalue weighted by Crippen LogP contribution is 2.27. The topological polar surface area (TPSA) is 118 Å². The van der Waals surface area contributed by atoms with Crippen molar-refractivity contribution >= 4 is 17.5 Å². The Balaban J connectivity index is 1.62. The van der Waals surface area contributed by atoms with Gasteiger partial charge in [-0.1, -0.05) is 11.2 Å². The van der Waals surface area contributed by atoms with E-state index in [1.807, 2.05) is 6.07 Å². The molecule has 0 spiro atoms. The van der Waals surface area contributed by atoms with E-state index >= 15 is 0 Å². The number of hydrogen-bond acceptors (Lipinski definition) is 7. The molecule has 0 saturated carbocycles. The third kappa shape index (κ3) is 3.94. The molecule has 9 nitrogen and oxygen atoms in total. The quantitative estimate of drug-likeness (QED) is 0.786.